The summed E-state index contributed by atoms with van der Waals surface area (Å²) in [6, 6.07) is 13.2. The van der Waals surface area contributed by atoms with Gasteiger partial charge in [0.25, 0.3) is 0 Å². The van der Waals surface area contributed by atoms with E-state index < -0.39 is 0 Å². The molecule has 0 saturated heterocycles. The van der Waals surface area contributed by atoms with E-state index in [0.717, 1.165) is 17.0 Å². The molecule has 0 unspecified atom stereocenters. The maximum absolute atomic E-state index is 12.3. The highest BCUT2D eigenvalue weighted by Crippen LogP contribution is 2.23. The first-order chi connectivity index (χ1) is 13.5. The third-order valence-electron chi connectivity index (χ3n) is 4.24. The van der Waals surface area contributed by atoms with E-state index >= 15 is 0 Å². The number of imidazole rings is 1. The number of aryl methyl sites for hydroxylation is 1. The van der Waals surface area contributed by atoms with Crippen LogP contribution < -0.4 is 11.0 Å². The first-order valence-corrected chi connectivity index (χ1v) is 9.59. The minimum atomic E-state index is -0.277. The van der Waals surface area contributed by atoms with E-state index in [1.807, 2.05) is 42.8 Å². The predicted molar refractivity (Wildman–Crippen MR) is 109 cm³/mol. The second kappa shape index (κ2) is 7.35. The lowest BCUT2D eigenvalue weighted by molar-refractivity contribution is -0.113. The average Bonchev–Trinajstić information content (AvgIpc) is 3.21. The Morgan fingerprint density at radius 1 is 1.14 bits per heavy atom. The number of hydrogen-bond donors (Lipinski definition) is 3. The Balaban J connectivity index is 1.42. The summed E-state index contributed by atoms with van der Waals surface area (Å²) in [4.78, 5) is 28.9. The van der Waals surface area contributed by atoms with Crippen LogP contribution in [-0.2, 0) is 11.8 Å². The van der Waals surface area contributed by atoms with Crippen LogP contribution >= 0.6 is 11.8 Å². The molecule has 3 N–H and O–H groups in total. The first-order valence-electron chi connectivity index (χ1n) is 8.61. The van der Waals surface area contributed by atoms with Crippen LogP contribution in [0.15, 0.2) is 52.4 Å². The molecule has 8 nitrogen and oxygen atoms in total. The lowest BCUT2D eigenvalue weighted by Gasteiger charge is -2.06. The fraction of sp³-hybridized carbons (Fsp3) is 0.158. The van der Waals surface area contributed by atoms with Gasteiger partial charge in [0, 0.05) is 18.3 Å². The van der Waals surface area contributed by atoms with Crippen LogP contribution in [-0.4, -0.2) is 36.4 Å². The van der Waals surface area contributed by atoms with Crippen molar-refractivity contribution in [3.8, 4) is 11.4 Å². The number of amides is 1. The molecule has 2 aromatic carbocycles. The number of nitrogens with one attached hydrogen (secondary N) is 3. The van der Waals surface area contributed by atoms with Gasteiger partial charge in [0.2, 0.25) is 5.91 Å². The third-order valence-corrected chi connectivity index (χ3v) is 5.26. The van der Waals surface area contributed by atoms with Gasteiger partial charge in [-0.2, -0.15) is 0 Å². The molecule has 4 aromatic rings. The van der Waals surface area contributed by atoms with Gasteiger partial charge >= 0.3 is 5.69 Å². The number of H-pyrrole nitrogens is 2. The van der Waals surface area contributed by atoms with Gasteiger partial charge in [-0.05, 0) is 31.2 Å². The number of benzene rings is 2. The molecule has 4 rings (SSSR count). The zero-order chi connectivity index (χ0) is 19.7. The van der Waals surface area contributed by atoms with E-state index in [1.165, 1.54) is 11.8 Å². The summed E-state index contributed by atoms with van der Waals surface area (Å²) in [7, 11) is 1.88. The number of thioether (sulfide) groups is 1. The molecule has 0 aliphatic carbocycles. The van der Waals surface area contributed by atoms with E-state index in [1.54, 1.807) is 18.2 Å². The summed E-state index contributed by atoms with van der Waals surface area (Å²) < 4.78 is 1.88. The second-order valence-corrected chi connectivity index (χ2v) is 7.35. The van der Waals surface area contributed by atoms with Crippen molar-refractivity contribution in [3.05, 3.63) is 58.5 Å². The Morgan fingerprint density at radius 2 is 1.96 bits per heavy atom. The Labute approximate surface area is 164 Å². The van der Waals surface area contributed by atoms with Crippen LogP contribution in [0.1, 0.15) is 5.56 Å². The average molecular weight is 394 g/mol. The molecule has 0 radical (unpaired) electrons. The summed E-state index contributed by atoms with van der Waals surface area (Å²) in [5, 5.41) is 11.9. The fourth-order valence-corrected chi connectivity index (χ4v) is 3.62. The van der Waals surface area contributed by atoms with E-state index in [0.29, 0.717) is 21.9 Å². The highest BCUT2D eigenvalue weighted by Gasteiger charge is 2.13. The quantitative estimate of drug-likeness (QED) is 0.451. The predicted octanol–water partition coefficient (Wildman–Crippen LogP) is 2.69. The molecule has 0 fully saturated rings. The Kier molecular flexibility index (Phi) is 4.74. The van der Waals surface area contributed by atoms with Gasteiger partial charge in [-0.3, -0.25) is 4.79 Å². The topological polar surface area (TPSA) is 108 Å². The number of aromatic nitrogens is 5. The standard InChI is InChI=1S/C19H18N6O2S/c1-11-4-3-5-12(8-11)17-23-24-19(25(17)2)28-10-16(26)20-13-6-7-14-15(9-13)22-18(27)21-14/h3-9H,10H2,1-2H3,(H,20,26)(H2,21,22,27). The van der Waals surface area contributed by atoms with Crippen LogP contribution in [0.25, 0.3) is 22.4 Å². The molecule has 0 atom stereocenters. The van der Waals surface area contributed by atoms with Crippen LogP contribution in [0.5, 0.6) is 0 Å². The smallest absolute Gasteiger partial charge is 0.323 e. The Hall–Kier alpha value is -3.33. The normalized spacial score (nSPS) is 11.1. The number of carbonyl (C=O) groups is 1. The van der Waals surface area contributed by atoms with E-state index in [9.17, 15) is 9.59 Å². The summed E-state index contributed by atoms with van der Waals surface area (Å²) in [5.41, 5.74) is 3.81. The molecular weight excluding hydrogens is 376 g/mol. The molecule has 142 valence electrons. The number of fused-ring (bicyclic) bond motifs is 1. The molecule has 9 heteroatoms. The minimum absolute atomic E-state index is 0.165. The van der Waals surface area contributed by atoms with Gasteiger partial charge in [-0.15, -0.1) is 10.2 Å². The number of nitrogens with zero attached hydrogens (tertiary/aromatic N) is 3. The second-order valence-electron chi connectivity index (χ2n) is 6.41. The SMILES string of the molecule is Cc1cccc(-c2nnc(SCC(=O)Nc3ccc4[nH]c(=O)[nH]c4c3)n2C)c1. The van der Waals surface area contributed by atoms with Crippen LogP contribution in [0, 0.1) is 6.92 Å². The molecule has 0 saturated carbocycles. The zero-order valence-electron chi connectivity index (χ0n) is 15.3. The maximum Gasteiger partial charge on any atom is 0.323 e. The largest absolute Gasteiger partial charge is 0.325 e. The van der Waals surface area contributed by atoms with Gasteiger partial charge in [0.1, 0.15) is 0 Å². The number of hydrogen-bond acceptors (Lipinski definition) is 5. The molecule has 0 aliphatic rings. The molecule has 2 aromatic heterocycles. The molecule has 0 aliphatic heterocycles. The fourth-order valence-electron chi connectivity index (χ4n) is 2.91. The zero-order valence-corrected chi connectivity index (χ0v) is 16.1. The lowest BCUT2D eigenvalue weighted by atomic mass is 10.1. The first kappa shape index (κ1) is 18.1. The molecule has 0 bridgehead atoms. The number of aromatic amines is 2. The van der Waals surface area contributed by atoms with E-state index in [2.05, 4.69) is 25.5 Å². The van der Waals surface area contributed by atoms with Crippen molar-refractivity contribution in [1.82, 2.24) is 24.7 Å². The highest BCUT2D eigenvalue weighted by molar-refractivity contribution is 7.99. The molecule has 2 heterocycles. The van der Waals surface area contributed by atoms with Crippen molar-refractivity contribution in [2.24, 2.45) is 7.05 Å². The van der Waals surface area contributed by atoms with Gasteiger partial charge < -0.3 is 19.9 Å². The summed E-state index contributed by atoms with van der Waals surface area (Å²) >= 11 is 1.32. The van der Waals surface area contributed by atoms with Crippen molar-refractivity contribution < 1.29 is 4.79 Å². The summed E-state index contributed by atoms with van der Waals surface area (Å²) in [6.07, 6.45) is 0. The van der Waals surface area contributed by atoms with Gasteiger partial charge in [0.05, 0.1) is 16.8 Å². The van der Waals surface area contributed by atoms with Crippen LogP contribution in [0.4, 0.5) is 5.69 Å². The summed E-state index contributed by atoms with van der Waals surface area (Å²) in [5.74, 6) is 0.789. The minimum Gasteiger partial charge on any atom is -0.325 e. The van der Waals surface area contributed by atoms with E-state index in [-0.39, 0.29) is 17.3 Å². The third kappa shape index (κ3) is 3.70. The van der Waals surface area contributed by atoms with Crippen LogP contribution in [0.2, 0.25) is 0 Å². The maximum atomic E-state index is 12.3. The number of carbonyl (C=O) groups excluding carboxylic acids is 1. The van der Waals surface area contributed by atoms with Gasteiger partial charge in [0.15, 0.2) is 11.0 Å². The van der Waals surface area contributed by atoms with Gasteiger partial charge in [-0.1, -0.05) is 35.5 Å². The molecule has 1 amide bonds. The molecule has 0 spiro atoms. The van der Waals surface area contributed by atoms with Crippen molar-refractivity contribution in [1.29, 1.82) is 0 Å². The van der Waals surface area contributed by atoms with Crippen LogP contribution in [0.3, 0.4) is 0 Å². The Bertz CT molecular complexity index is 1220. The summed E-state index contributed by atoms with van der Waals surface area (Å²) in [6.45, 7) is 2.03. The van der Waals surface area contributed by atoms with E-state index in [4.69, 9.17) is 0 Å². The Morgan fingerprint density at radius 3 is 2.79 bits per heavy atom. The lowest BCUT2D eigenvalue weighted by Crippen LogP contribution is -2.14. The van der Waals surface area contributed by atoms with Crippen molar-refractivity contribution in [3.63, 3.8) is 0 Å². The van der Waals surface area contributed by atoms with Gasteiger partial charge in [-0.25, -0.2) is 4.79 Å². The number of rotatable bonds is 5. The highest BCUT2D eigenvalue weighted by atomic mass is 32.2. The van der Waals surface area contributed by atoms with Crippen molar-refractivity contribution in [2.45, 2.75) is 12.1 Å². The van der Waals surface area contributed by atoms with Crippen molar-refractivity contribution in [2.75, 3.05) is 11.1 Å². The number of anilines is 1. The monoisotopic (exact) mass is 394 g/mol. The molecule has 28 heavy (non-hydrogen) atoms. The van der Waals surface area contributed by atoms with Crippen molar-refractivity contribution >= 4 is 34.4 Å². The molecular formula is C19H18N6O2S.